The predicted octanol–water partition coefficient (Wildman–Crippen LogP) is 0.442. The Balaban J connectivity index is 1.67. The fraction of sp³-hybridized carbons (Fsp3) is 0.846. The second-order valence-electron chi connectivity index (χ2n) is 5.49. The summed E-state index contributed by atoms with van der Waals surface area (Å²) in [6.07, 6.45) is 2.93. The Morgan fingerprint density at radius 2 is 2.00 bits per heavy atom. The fourth-order valence-electron chi connectivity index (χ4n) is 2.32. The highest BCUT2D eigenvalue weighted by Gasteiger charge is 2.48. The van der Waals surface area contributed by atoms with Gasteiger partial charge in [0.15, 0.2) is 0 Å². The number of amides is 2. The normalized spacial score (nSPS) is 30.3. The monoisotopic (exact) mass is 254 g/mol. The van der Waals surface area contributed by atoms with Crippen LogP contribution in [0.25, 0.3) is 0 Å². The summed E-state index contributed by atoms with van der Waals surface area (Å²) in [5, 5.41) is 5.72. The highest BCUT2D eigenvalue weighted by Crippen LogP contribution is 2.38. The second kappa shape index (κ2) is 5.69. The lowest BCUT2D eigenvalue weighted by Gasteiger charge is -2.11. The molecule has 2 amide bonds. The van der Waals surface area contributed by atoms with Gasteiger partial charge in [0.2, 0.25) is 11.8 Å². The number of hydrogen-bond donors (Lipinski definition) is 2. The average Bonchev–Trinajstić information content (AvgIpc) is 2.95. The Morgan fingerprint density at radius 1 is 1.28 bits per heavy atom. The van der Waals surface area contributed by atoms with E-state index < -0.39 is 0 Å². The molecule has 2 rings (SSSR count). The van der Waals surface area contributed by atoms with Crippen molar-refractivity contribution in [3.8, 4) is 0 Å². The molecule has 0 spiro atoms. The van der Waals surface area contributed by atoms with Crippen LogP contribution in [0.2, 0.25) is 0 Å². The van der Waals surface area contributed by atoms with Gasteiger partial charge in [0.05, 0.1) is 17.9 Å². The van der Waals surface area contributed by atoms with Crippen LogP contribution < -0.4 is 10.6 Å². The molecule has 3 atom stereocenters. The van der Waals surface area contributed by atoms with E-state index in [1.54, 1.807) is 0 Å². The van der Waals surface area contributed by atoms with Gasteiger partial charge in [-0.05, 0) is 33.1 Å². The van der Waals surface area contributed by atoms with Gasteiger partial charge in [0.1, 0.15) is 0 Å². The molecule has 2 aliphatic rings. The summed E-state index contributed by atoms with van der Waals surface area (Å²) >= 11 is 0. The van der Waals surface area contributed by atoms with Crippen molar-refractivity contribution in [1.29, 1.82) is 0 Å². The molecule has 2 N–H and O–H groups in total. The van der Waals surface area contributed by atoms with E-state index in [9.17, 15) is 9.59 Å². The molecule has 0 aromatic heterocycles. The minimum Gasteiger partial charge on any atom is -0.376 e. The smallest absolute Gasteiger partial charge is 0.224 e. The van der Waals surface area contributed by atoms with Gasteiger partial charge in [0, 0.05) is 19.2 Å². The van der Waals surface area contributed by atoms with E-state index in [4.69, 9.17) is 4.74 Å². The molecule has 2 fully saturated rings. The first-order valence-corrected chi connectivity index (χ1v) is 6.77. The zero-order valence-electron chi connectivity index (χ0n) is 11.1. The van der Waals surface area contributed by atoms with E-state index in [0.717, 1.165) is 19.4 Å². The van der Waals surface area contributed by atoms with Crippen LogP contribution in [0.15, 0.2) is 0 Å². The molecule has 3 unspecified atom stereocenters. The molecule has 0 aromatic rings. The summed E-state index contributed by atoms with van der Waals surface area (Å²) in [4.78, 5) is 23.5. The number of carbonyl (C=O) groups is 2. The van der Waals surface area contributed by atoms with Crippen molar-refractivity contribution < 1.29 is 14.3 Å². The lowest BCUT2D eigenvalue weighted by Crippen LogP contribution is -2.36. The number of carbonyl (C=O) groups excluding carboxylic acids is 2. The van der Waals surface area contributed by atoms with Crippen LogP contribution in [0.3, 0.4) is 0 Å². The van der Waals surface area contributed by atoms with Crippen LogP contribution in [0.1, 0.15) is 33.1 Å². The predicted molar refractivity (Wildman–Crippen MR) is 66.9 cm³/mol. The highest BCUT2D eigenvalue weighted by molar-refractivity contribution is 5.92. The van der Waals surface area contributed by atoms with Crippen molar-refractivity contribution >= 4 is 11.8 Å². The van der Waals surface area contributed by atoms with Crippen LogP contribution in [0.4, 0.5) is 0 Å². The third-order valence-electron chi connectivity index (χ3n) is 3.42. The molecule has 5 nitrogen and oxygen atoms in total. The molecule has 1 saturated heterocycles. The average molecular weight is 254 g/mol. The number of nitrogens with one attached hydrogen (secondary N) is 2. The lowest BCUT2D eigenvalue weighted by molar-refractivity contribution is -0.127. The Bertz CT molecular complexity index is 324. The van der Waals surface area contributed by atoms with E-state index in [-0.39, 0.29) is 35.8 Å². The molecule has 18 heavy (non-hydrogen) atoms. The summed E-state index contributed by atoms with van der Waals surface area (Å²) in [6.45, 7) is 5.22. The number of hydrogen-bond acceptors (Lipinski definition) is 3. The van der Waals surface area contributed by atoms with Gasteiger partial charge >= 0.3 is 0 Å². The van der Waals surface area contributed by atoms with Crippen LogP contribution in [-0.4, -0.2) is 37.1 Å². The Labute approximate surface area is 108 Å². The molecule has 5 heteroatoms. The van der Waals surface area contributed by atoms with Crippen LogP contribution >= 0.6 is 0 Å². The fourth-order valence-corrected chi connectivity index (χ4v) is 2.32. The molecule has 1 saturated carbocycles. The standard InChI is InChI=1S/C13H22N2O3/c1-8(2)15-13(17)11-6-10(11)12(16)14-7-9-4-3-5-18-9/h8-11H,3-7H2,1-2H3,(H,14,16)(H,15,17). The first-order valence-electron chi connectivity index (χ1n) is 6.77. The van der Waals surface area contributed by atoms with Gasteiger partial charge in [-0.2, -0.15) is 0 Å². The zero-order valence-corrected chi connectivity index (χ0v) is 11.1. The van der Waals surface area contributed by atoms with Gasteiger partial charge in [-0.25, -0.2) is 0 Å². The molecule has 1 aliphatic carbocycles. The SMILES string of the molecule is CC(C)NC(=O)C1CC1C(=O)NCC1CCCO1. The lowest BCUT2D eigenvalue weighted by atomic mass is 10.2. The molecule has 1 heterocycles. The minimum absolute atomic E-state index is 0.00210. The summed E-state index contributed by atoms with van der Waals surface area (Å²) in [7, 11) is 0. The third kappa shape index (κ3) is 3.45. The summed E-state index contributed by atoms with van der Waals surface area (Å²) < 4.78 is 5.44. The largest absolute Gasteiger partial charge is 0.376 e. The van der Waals surface area contributed by atoms with E-state index >= 15 is 0 Å². The molecule has 1 aliphatic heterocycles. The van der Waals surface area contributed by atoms with E-state index in [2.05, 4.69) is 10.6 Å². The molecule has 0 radical (unpaired) electrons. The van der Waals surface area contributed by atoms with Crippen LogP contribution in [0, 0.1) is 11.8 Å². The summed E-state index contributed by atoms with van der Waals surface area (Å²) in [5.74, 6) is -0.265. The van der Waals surface area contributed by atoms with Crippen molar-refractivity contribution in [3.05, 3.63) is 0 Å². The van der Waals surface area contributed by atoms with Gasteiger partial charge in [0.25, 0.3) is 0 Å². The maximum Gasteiger partial charge on any atom is 0.224 e. The van der Waals surface area contributed by atoms with Crippen molar-refractivity contribution in [3.63, 3.8) is 0 Å². The van der Waals surface area contributed by atoms with E-state index in [0.29, 0.717) is 13.0 Å². The number of rotatable bonds is 5. The topological polar surface area (TPSA) is 67.4 Å². The van der Waals surface area contributed by atoms with Crippen molar-refractivity contribution in [2.75, 3.05) is 13.2 Å². The second-order valence-corrected chi connectivity index (χ2v) is 5.49. The third-order valence-corrected chi connectivity index (χ3v) is 3.42. The maximum absolute atomic E-state index is 11.8. The number of ether oxygens (including phenoxy) is 1. The van der Waals surface area contributed by atoms with Crippen molar-refractivity contribution in [1.82, 2.24) is 10.6 Å². The Morgan fingerprint density at radius 3 is 2.61 bits per heavy atom. The first kappa shape index (κ1) is 13.3. The quantitative estimate of drug-likeness (QED) is 0.748. The summed E-state index contributed by atoms with van der Waals surface area (Å²) in [5.41, 5.74) is 0. The van der Waals surface area contributed by atoms with Gasteiger partial charge in [-0.3, -0.25) is 9.59 Å². The molecular weight excluding hydrogens is 232 g/mol. The van der Waals surface area contributed by atoms with E-state index in [1.807, 2.05) is 13.8 Å². The molecular formula is C13H22N2O3. The Kier molecular flexibility index (Phi) is 4.22. The molecule has 102 valence electrons. The summed E-state index contributed by atoms with van der Waals surface area (Å²) in [6, 6.07) is 0.133. The van der Waals surface area contributed by atoms with Gasteiger partial charge < -0.3 is 15.4 Å². The molecule has 0 aromatic carbocycles. The van der Waals surface area contributed by atoms with Crippen molar-refractivity contribution in [2.24, 2.45) is 11.8 Å². The van der Waals surface area contributed by atoms with Crippen LogP contribution in [0.5, 0.6) is 0 Å². The van der Waals surface area contributed by atoms with Gasteiger partial charge in [-0.1, -0.05) is 0 Å². The van der Waals surface area contributed by atoms with Crippen LogP contribution in [-0.2, 0) is 14.3 Å². The van der Waals surface area contributed by atoms with Crippen molar-refractivity contribution in [2.45, 2.75) is 45.3 Å². The minimum atomic E-state index is -0.134. The van der Waals surface area contributed by atoms with Gasteiger partial charge in [-0.15, -0.1) is 0 Å². The molecule has 0 bridgehead atoms. The highest BCUT2D eigenvalue weighted by atomic mass is 16.5. The zero-order chi connectivity index (χ0) is 13.1. The van der Waals surface area contributed by atoms with E-state index in [1.165, 1.54) is 0 Å². The first-order chi connectivity index (χ1) is 8.58. The maximum atomic E-state index is 11.8. The Hall–Kier alpha value is -1.10.